The molecule has 4 heteroatoms. The summed E-state index contributed by atoms with van der Waals surface area (Å²) in [4.78, 5) is 11.5. The molecule has 1 fully saturated rings. The molecule has 1 rings (SSSR count). The van der Waals surface area contributed by atoms with Crippen LogP contribution in [0.5, 0.6) is 0 Å². The van der Waals surface area contributed by atoms with Crippen LogP contribution in [0.15, 0.2) is 0 Å². The molecule has 4 nitrogen and oxygen atoms in total. The summed E-state index contributed by atoms with van der Waals surface area (Å²) in [5.41, 5.74) is 4.84. The van der Waals surface area contributed by atoms with Gasteiger partial charge < -0.3 is 16.2 Å². The molecule has 0 atom stereocenters. The van der Waals surface area contributed by atoms with E-state index in [0.29, 0.717) is 19.4 Å². The monoisotopic (exact) mass is 228 g/mol. The van der Waals surface area contributed by atoms with Crippen molar-refractivity contribution in [2.24, 2.45) is 5.73 Å². The quantitative estimate of drug-likeness (QED) is 0.655. The Kier molecular flexibility index (Phi) is 4.33. The number of nitrogens with one attached hydrogen (secondary N) is 1. The SMILES string of the molecule is CC(C)(N)CCC(=O)NCC1(O)CCCC1. The van der Waals surface area contributed by atoms with E-state index in [4.69, 9.17) is 5.73 Å². The Morgan fingerprint density at radius 2 is 2.00 bits per heavy atom. The molecule has 0 bridgehead atoms. The van der Waals surface area contributed by atoms with Crippen molar-refractivity contribution in [3.8, 4) is 0 Å². The Bertz CT molecular complexity index is 240. The lowest BCUT2D eigenvalue weighted by molar-refractivity contribution is -0.122. The highest BCUT2D eigenvalue weighted by atomic mass is 16.3. The van der Waals surface area contributed by atoms with Crippen molar-refractivity contribution < 1.29 is 9.90 Å². The van der Waals surface area contributed by atoms with E-state index in [9.17, 15) is 9.90 Å². The maximum absolute atomic E-state index is 11.5. The lowest BCUT2D eigenvalue weighted by Gasteiger charge is -2.23. The molecule has 16 heavy (non-hydrogen) atoms. The molecule has 1 amide bonds. The lowest BCUT2D eigenvalue weighted by Crippen LogP contribution is -2.41. The number of rotatable bonds is 5. The number of amides is 1. The summed E-state index contributed by atoms with van der Waals surface area (Å²) < 4.78 is 0. The molecular weight excluding hydrogens is 204 g/mol. The molecule has 4 N–H and O–H groups in total. The number of carbonyl (C=O) groups excluding carboxylic acids is 1. The minimum absolute atomic E-state index is 0.0150. The van der Waals surface area contributed by atoms with Gasteiger partial charge in [0.2, 0.25) is 5.91 Å². The Balaban J connectivity index is 2.20. The Morgan fingerprint density at radius 3 is 2.50 bits per heavy atom. The molecule has 0 aromatic heterocycles. The van der Waals surface area contributed by atoms with Gasteiger partial charge in [-0.15, -0.1) is 0 Å². The van der Waals surface area contributed by atoms with E-state index in [1.54, 1.807) is 0 Å². The Morgan fingerprint density at radius 1 is 1.44 bits per heavy atom. The first kappa shape index (κ1) is 13.5. The van der Waals surface area contributed by atoms with Crippen LogP contribution >= 0.6 is 0 Å². The average molecular weight is 228 g/mol. The largest absolute Gasteiger partial charge is 0.388 e. The minimum atomic E-state index is -0.659. The fraction of sp³-hybridized carbons (Fsp3) is 0.917. The number of aliphatic hydroxyl groups is 1. The van der Waals surface area contributed by atoms with Crippen LogP contribution in [-0.2, 0) is 4.79 Å². The molecule has 1 saturated carbocycles. The Hall–Kier alpha value is -0.610. The molecule has 1 aliphatic rings. The highest BCUT2D eigenvalue weighted by Gasteiger charge is 2.31. The van der Waals surface area contributed by atoms with Crippen molar-refractivity contribution in [3.05, 3.63) is 0 Å². The van der Waals surface area contributed by atoms with Gasteiger partial charge in [0, 0.05) is 18.5 Å². The van der Waals surface area contributed by atoms with E-state index in [2.05, 4.69) is 5.32 Å². The molecule has 0 heterocycles. The van der Waals surface area contributed by atoms with Gasteiger partial charge in [-0.05, 0) is 33.1 Å². The van der Waals surface area contributed by atoms with Crippen molar-refractivity contribution in [2.45, 2.75) is 63.5 Å². The highest BCUT2D eigenvalue weighted by Crippen LogP contribution is 2.28. The topological polar surface area (TPSA) is 75.4 Å². The van der Waals surface area contributed by atoms with Crippen LogP contribution in [0, 0.1) is 0 Å². The zero-order valence-corrected chi connectivity index (χ0v) is 10.4. The van der Waals surface area contributed by atoms with Crippen molar-refractivity contribution in [1.29, 1.82) is 0 Å². The third kappa shape index (κ3) is 4.94. The van der Waals surface area contributed by atoms with E-state index in [0.717, 1.165) is 25.7 Å². The van der Waals surface area contributed by atoms with Gasteiger partial charge in [-0.1, -0.05) is 12.8 Å². The number of nitrogens with two attached hydrogens (primary N) is 1. The first-order valence-corrected chi connectivity index (χ1v) is 6.09. The second-order valence-corrected chi connectivity index (χ2v) is 5.70. The summed E-state index contributed by atoms with van der Waals surface area (Å²) in [5.74, 6) is -0.0150. The van der Waals surface area contributed by atoms with Gasteiger partial charge in [0.1, 0.15) is 0 Å². The van der Waals surface area contributed by atoms with E-state index < -0.39 is 5.60 Å². The number of carbonyl (C=O) groups is 1. The lowest BCUT2D eigenvalue weighted by atomic mass is 9.99. The fourth-order valence-corrected chi connectivity index (χ4v) is 2.00. The summed E-state index contributed by atoms with van der Waals surface area (Å²) in [5, 5.41) is 12.8. The van der Waals surface area contributed by atoms with Gasteiger partial charge >= 0.3 is 0 Å². The predicted octanol–water partition coefficient (Wildman–Crippen LogP) is 0.925. The summed E-state index contributed by atoms with van der Waals surface area (Å²) >= 11 is 0. The normalized spacial score (nSPS) is 19.8. The molecule has 0 aromatic carbocycles. The second-order valence-electron chi connectivity index (χ2n) is 5.70. The van der Waals surface area contributed by atoms with Gasteiger partial charge in [-0.3, -0.25) is 4.79 Å². The predicted molar refractivity (Wildman–Crippen MR) is 63.9 cm³/mol. The molecule has 94 valence electrons. The zero-order chi connectivity index (χ0) is 12.2. The van der Waals surface area contributed by atoms with E-state index in [1.165, 1.54) is 0 Å². The van der Waals surface area contributed by atoms with Crippen molar-refractivity contribution in [1.82, 2.24) is 5.32 Å². The summed E-state index contributed by atoms with van der Waals surface area (Å²) in [7, 11) is 0. The molecule has 0 spiro atoms. The summed E-state index contributed by atoms with van der Waals surface area (Å²) in [6, 6.07) is 0. The molecule has 0 radical (unpaired) electrons. The van der Waals surface area contributed by atoms with Crippen molar-refractivity contribution >= 4 is 5.91 Å². The summed E-state index contributed by atoms with van der Waals surface area (Å²) in [6.07, 6.45) is 4.81. The molecule has 0 unspecified atom stereocenters. The van der Waals surface area contributed by atoms with Crippen LogP contribution in [-0.4, -0.2) is 28.7 Å². The minimum Gasteiger partial charge on any atom is -0.388 e. The highest BCUT2D eigenvalue weighted by molar-refractivity contribution is 5.76. The van der Waals surface area contributed by atoms with Gasteiger partial charge in [-0.25, -0.2) is 0 Å². The second kappa shape index (κ2) is 5.15. The van der Waals surface area contributed by atoms with E-state index in [1.807, 2.05) is 13.8 Å². The molecule has 0 saturated heterocycles. The van der Waals surface area contributed by atoms with Crippen LogP contribution in [0.2, 0.25) is 0 Å². The standard InChI is InChI=1S/C12H24N2O2/c1-11(2,13)8-5-10(15)14-9-12(16)6-3-4-7-12/h16H,3-9,13H2,1-2H3,(H,14,15). The van der Waals surface area contributed by atoms with Crippen LogP contribution in [0.4, 0.5) is 0 Å². The first-order valence-electron chi connectivity index (χ1n) is 6.09. The van der Waals surface area contributed by atoms with Gasteiger partial charge in [0.15, 0.2) is 0 Å². The van der Waals surface area contributed by atoms with Gasteiger partial charge in [-0.2, -0.15) is 0 Å². The van der Waals surface area contributed by atoms with Gasteiger partial charge in [0.25, 0.3) is 0 Å². The van der Waals surface area contributed by atoms with Crippen molar-refractivity contribution in [2.75, 3.05) is 6.54 Å². The number of hydrogen-bond acceptors (Lipinski definition) is 3. The zero-order valence-electron chi connectivity index (χ0n) is 10.4. The van der Waals surface area contributed by atoms with Crippen LogP contribution in [0.25, 0.3) is 0 Å². The Labute approximate surface area is 97.6 Å². The average Bonchev–Trinajstić information content (AvgIpc) is 2.59. The molecule has 0 aromatic rings. The maximum Gasteiger partial charge on any atom is 0.220 e. The maximum atomic E-state index is 11.5. The molecule has 1 aliphatic carbocycles. The van der Waals surface area contributed by atoms with Gasteiger partial charge in [0.05, 0.1) is 5.60 Å². The van der Waals surface area contributed by atoms with Crippen molar-refractivity contribution in [3.63, 3.8) is 0 Å². The smallest absolute Gasteiger partial charge is 0.220 e. The first-order chi connectivity index (χ1) is 7.31. The van der Waals surface area contributed by atoms with E-state index in [-0.39, 0.29) is 11.4 Å². The number of hydrogen-bond donors (Lipinski definition) is 3. The molecular formula is C12H24N2O2. The van der Waals surface area contributed by atoms with Crippen LogP contribution in [0.3, 0.4) is 0 Å². The van der Waals surface area contributed by atoms with E-state index >= 15 is 0 Å². The third-order valence-electron chi connectivity index (χ3n) is 3.15. The van der Waals surface area contributed by atoms with Crippen LogP contribution in [0.1, 0.15) is 52.4 Å². The summed E-state index contributed by atoms with van der Waals surface area (Å²) in [6.45, 7) is 4.20. The molecule has 0 aliphatic heterocycles. The van der Waals surface area contributed by atoms with Crippen LogP contribution < -0.4 is 11.1 Å². The third-order valence-corrected chi connectivity index (χ3v) is 3.15. The fourth-order valence-electron chi connectivity index (χ4n) is 2.00.